The number of nitrogens with one attached hydrogen (secondary N) is 3. The minimum atomic E-state index is -0.103. The number of nitrogens with zero attached hydrogens (tertiary/aromatic N) is 2. The molecule has 7 nitrogen and oxygen atoms in total. The number of rotatable bonds is 11. The van der Waals surface area contributed by atoms with E-state index in [1.165, 1.54) is 0 Å². The topological polar surface area (TPSA) is 81.9 Å². The van der Waals surface area contributed by atoms with E-state index in [9.17, 15) is 4.79 Å². The first kappa shape index (κ1) is 24.7. The van der Waals surface area contributed by atoms with Crippen LogP contribution in [0.3, 0.4) is 0 Å². The summed E-state index contributed by atoms with van der Waals surface area (Å²) in [6.07, 6.45) is 3.78. The van der Waals surface area contributed by atoms with Crippen molar-refractivity contribution < 1.29 is 9.21 Å². The number of carbonyl (C=O) groups excluding carboxylic acids is 1. The van der Waals surface area contributed by atoms with Gasteiger partial charge in [0.05, 0.1) is 19.4 Å². The van der Waals surface area contributed by atoms with Crippen molar-refractivity contribution in [3.63, 3.8) is 0 Å². The molecule has 1 atom stereocenters. The highest BCUT2D eigenvalue weighted by Gasteiger charge is 2.08. The van der Waals surface area contributed by atoms with Gasteiger partial charge >= 0.3 is 0 Å². The van der Waals surface area contributed by atoms with Crippen LogP contribution in [0.4, 0.5) is 0 Å². The second kappa shape index (κ2) is 14.8. The Labute approximate surface area is 174 Å². The van der Waals surface area contributed by atoms with Crippen LogP contribution < -0.4 is 16.0 Å². The van der Waals surface area contributed by atoms with Gasteiger partial charge in [-0.25, -0.2) is 0 Å². The number of amides is 1. The molecule has 150 valence electrons. The van der Waals surface area contributed by atoms with Gasteiger partial charge in [-0.1, -0.05) is 13.8 Å². The van der Waals surface area contributed by atoms with Gasteiger partial charge in [-0.05, 0) is 51.5 Å². The largest absolute Gasteiger partial charge is 0.467 e. The number of hydrogen-bond acceptors (Lipinski definition) is 4. The molecule has 0 bridgehead atoms. The van der Waals surface area contributed by atoms with Crippen LogP contribution in [0.2, 0.25) is 0 Å². The Morgan fingerprint density at radius 2 is 2.04 bits per heavy atom. The van der Waals surface area contributed by atoms with Gasteiger partial charge < -0.3 is 25.3 Å². The lowest BCUT2D eigenvalue weighted by Crippen LogP contribution is -2.46. The highest BCUT2D eigenvalue weighted by Crippen LogP contribution is 2.00. The lowest BCUT2D eigenvalue weighted by atomic mass is 10.2. The van der Waals surface area contributed by atoms with Crippen molar-refractivity contribution in [3.05, 3.63) is 24.2 Å². The van der Waals surface area contributed by atoms with Crippen molar-refractivity contribution in [2.24, 2.45) is 4.99 Å². The van der Waals surface area contributed by atoms with Crippen LogP contribution in [0.5, 0.6) is 0 Å². The molecule has 0 aliphatic heterocycles. The Hall–Kier alpha value is -1.29. The van der Waals surface area contributed by atoms with E-state index < -0.39 is 0 Å². The molecule has 0 saturated carbocycles. The highest BCUT2D eigenvalue weighted by atomic mass is 127. The average Bonchev–Trinajstić information content (AvgIpc) is 3.14. The normalized spacial score (nSPS) is 12.4. The highest BCUT2D eigenvalue weighted by molar-refractivity contribution is 14.0. The first-order valence-electron chi connectivity index (χ1n) is 9.07. The zero-order valence-corrected chi connectivity index (χ0v) is 18.7. The molecule has 8 heteroatoms. The summed E-state index contributed by atoms with van der Waals surface area (Å²) in [4.78, 5) is 18.4. The Morgan fingerprint density at radius 1 is 1.31 bits per heavy atom. The molecule has 1 rings (SSSR count). The molecule has 0 spiro atoms. The molecule has 1 unspecified atom stereocenters. The first-order valence-corrected chi connectivity index (χ1v) is 9.07. The van der Waals surface area contributed by atoms with Crippen LogP contribution in [-0.4, -0.2) is 56.0 Å². The van der Waals surface area contributed by atoms with Crippen LogP contribution in [0.1, 0.15) is 39.4 Å². The fourth-order valence-electron chi connectivity index (χ4n) is 2.49. The van der Waals surface area contributed by atoms with Crippen molar-refractivity contribution in [1.82, 2.24) is 20.9 Å². The minimum absolute atomic E-state index is 0. The van der Waals surface area contributed by atoms with Gasteiger partial charge in [0, 0.05) is 13.1 Å². The molecule has 26 heavy (non-hydrogen) atoms. The molecule has 0 saturated heterocycles. The summed E-state index contributed by atoms with van der Waals surface area (Å²) in [5.41, 5.74) is 0. The maximum Gasteiger partial charge on any atom is 0.239 e. The third-order valence-electron chi connectivity index (χ3n) is 4.07. The fraction of sp³-hybridized carbons (Fsp3) is 0.667. The summed E-state index contributed by atoms with van der Waals surface area (Å²) in [5, 5.41) is 9.15. The Kier molecular flexibility index (Phi) is 14.1. The number of aliphatic imine (C=N–C) groups is 1. The summed E-state index contributed by atoms with van der Waals surface area (Å²) >= 11 is 0. The van der Waals surface area contributed by atoms with E-state index in [-0.39, 0.29) is 36.4 Å². The van der Waals surface area contributed by atoms with Gasteiger partial charge in [-0.3, -0.25) is 9.79 Å². The Balaban J connectivity index is 0.00000625. The molecule has 0 aliphatic rings. The molecule has 0 radical (unpaired) electrons. The molecular weight excluding hydrogens is 445 g/mol. The number of hydrogen-bond donors (Lipinski definition) is 3. The van der Waals surface area contributed by atoms with Crippen molar-refractivity contribution in [3.8, 4) is 0 Å². The third-order valence-corrected chi connectivity index (χ3v) is 4.07. The van der Waals surface area contributed by atoms with E-state index in [1.807, 2.05) is 6.07 Å². The predicted octanol–water partition coefficient (Wildman–Crippen LogP) is 2.19. The number of halogens is 1. The molecule has 0 fully saturated rings. The van der Waals surface area contributed by atoms with E-state index in [0.29, 0.717) is 18.5 Å². The second-order valence-electron chi connectivity index (χ2n) is 6.00. The van der Waals surface area contributed by atoms with Gasteiger partial charge in [-0.15, -0.1) is 24.0 Å². The molecule has 1 aromatic rings. The van der Waals surface area contributed by atoms with Gasteiger partial charge in [0.2, 0.25) is 5.91 Å². The van der Waals surface area contributed by atoms with Crippen molar-refractivity contribution in [2.45, 2.75) is 46.2 Å². The second-order valence-corrected chi connectivity index (χ2v) is 6.00. The summed E-state index contributed by atoms with van der Waals surface area (Å²) in [5.74, 6) is 1.27. The molecule has 1 aromatic heterocycles. The standard InChI is InChI=1S/C18H33N5O2.HI/c1-5-23(6-2)11-7-9-15(3)22-18(19-4)21-14-17(24)20-13-16-10-8-12-25-16;/h8,10,12,15H,5-7,9,11,13-14H2,1-4H3,(H,20,24)(H2,19,21,22);1H. The van der Waals surface area contributed by atoms with E-state index in [1.54, 1.807) is 19.4 Å². The Bertz CT molecular complexity index is 504. The molecular formula is C18H34IN5O2. The van der Waals surface area contributed by atoms with Crippen LogP contribution >= 0.6 is 24.0 Å². The third kappa shape index (κ3) is 10.6. The molecule has 3 N–H and O–H groups in total. The van der Waals surface area contributed by atoms with E-state index >= 15 is 0 Å². The summed E-state index contributed by atoms with van der Waals surface area (Å²) in [6, 6.07) is 3.93. The zero-order valence-electron chi connectivity index (χ0n) is 16.4. The van der Waals surface area contributed by atoms with Gasteiger partial charge in [0.1, 0.15) is 5.76 Å². The SMILES string of the molecule is CCN(CC)CCCC(C)NC(=NC)NCC(=O)NCc1ccco1.I. The van der Waals surface area contributed by atoms with Crippen LogP contribution in [-0.2, 0) is 11.3 Å². The van der Waals surface area contributed by atoms with Crippen molar-refractivity contribution >= 4 is 35.8 Å². The molecule has 1 heterocycles. The summed E-state index contributed by atoms with van der Waals surface area (Å²) in [7, 11) is 1.71. The van der Waals surface area contributed by atoms with E-state index in [4.69, 9.17) is 4.42 Å². The Morgan fingerprint density at radius 3 is 2.62 bits per heavy atom. The maximum absolute atomic E-state index is 11.9. The first-order chi connectivity index (χ1) is 12.1. The quantitative estimate of drug-likeness (QED) is 0.258. The lowest BCUT2D eigenvalue weighted by Gasteiger charge is -2.21. The monoisotopic (exact) mass is 479 g/mol. The van der Waals surface area contributed by atoms with Gasteiger partial charge in [0.25, 0.3) is 0 Å². The number of guanidine groups is 1. The van der Waals surface area contributed by atoms with Crippen molar-refractivity contribution in [1.29, 1.82) is 0 Å². The van der Waals surface area contributed by atoms with Crippen LogP contribution in [0.15, 0.2) is 27.8 Å². The maximum atomic E-state index is 11.9. The van der Waals surface area contributed by atoms with Crippen LogP contribution in [0, 0.1) is 0 Å². The van der Waals surface area contributed by atoms with Crippen LogP contribution in [0.25, 0.3) is 0 Å². The smallest absolute Gasteiger partial charge is 0.239 e. The van der Waals surface area contributed by atoms with E-state index in [0.717, 1.165) is 38.2 Å². The number of carbonyl (C=O) groups is 1. The predicted molar refractivity (Wildman–Crippen MR) is 117 cm³/mol. The minimum Gasteiger partial charge on any atom is -0.467 e. The van der Waals surface area contributed by atoms with Gasteiger partial charge in [0.15, 0.2) is 5.96 Å². The summed E-state index contributed by atoms with van der Waals surface area (Å²) in [6.45, 7) is 10.4. The van der Waals surface area contributed by atoms with Crippen molar-refractivity contribution in [2.75, 3.05) is 33.2 Å². The van der Waals surface area contributed by atoms with Gasteiger partial charge in [-0.2, -0.15) is 0 Å². The molecule has 0 aromatic carbocycles. The molecule has 1 amide bonds. The summed E-state index contributed by atoms with van der Waals surface area (Å²) < 4.78 is 5.18. The zero-order chi connectivity index (χ0) is 18.5. The average molecular weight is 479 g/mol. The fourth-order valence-corrected chi connectivity index (χ4v) is 2.49. The van der Waals surface area contributed by atoms with E-state index in [2.05, 4.69) is 46.6 Å². The lowest BCUT2D eigenvalue weighted by molar-refractivity contribution is -0.120. The number of furan rings is 1. The molecule has 0 aliphatic carbocycles.